The Balaban J connectivity index is 1.70. The molecule has 2 aromatic heterocycles. The molecule has 3 heterocycles. The lowest BCUT2D eigenvalue weighted by atomic mass is 10.1. The lowest BCUT2D eigenvalue weighted by molar-refractivity contribution is 0.0662. The Hall–Kier alpha value is -2.41. The first-order valence-corrected chi connectivity index (χ1v) is 7.79. The maximum absolute atomic E-state index is 12.4. The second kappa shape index (κ2) is 7.23. The molecule has 0 aromatic carbocycles. The quantitative estimate of drug-likeness (QED) is 0.915. The van der Waals surface area contributed by atoms with Crippen LogP contribution < -0.4 is 10.1 Å². The minimum absolute atomic E-state index is 0.256. The van der Waals surface area contributed by atoms with Gasteiger partial charge >= 0.3 is 0 Å². The average Bonchev–Trinajstić information content (AvgIpc) is 3.05. The summed E-state index contributed by atoms with van der Waals surface area (Å²) >= 11 is 0. The van der Waals surface area contributed by atoms with E-state index in [1.807, 2.05) is 17.8 Å². The predicted octanol–water partition coefficient (Wildman–Crippen LogP) is 2.28. The Labute approximate surface area is 134 Å². The smallest absolute Gasteiger partial charge is 0.261 e. The number of carbonyl (C=O) groups is 1. The van der Waals surface area contributed by atoms with E-state index >= 15 is 0 Å². The number of hydrogen-bond acceptors (Lipinski definition) is 5. The molecule has 1 saturated heterocycles. The molecule has 7 heteroatoms. The van der Waals surface area contributed by atoms with Gasteiger partial charge in [-0.3, -0.25) is 9.48 Å². The first-order chi connectivity index (χ1) is 11.3. The summed E-state index contributed by atoms with van der Waals surface area (Å²) < 4.78 is 12.6. The van der Waals surface area contributed by atoms with Gasteiger partial charge in [0.1, 0.15) is 5.56 Å². The van der Waals surface area contributed by atoms with E-state index < -0.39 is 0 Å². The molecule has 0 spiro atoms. The maximum atomic E-state index is 12.4. The van der Waals surface area contributed by atoms with Gasteiger partial charge in [-0.25, -0.2) is 4.98 Å². The van der Waals surface area contributed by atoms with Gasteiger partial charge < -0.3 is 14.8 Å². The van der Waals surface area contributed by atoms with E-state index in [1.165, 1.54) is 0 Å². The summed E-state index contributed by atoms with van der Waals surface area (Å²) in [6.45, 7) is 3.81. The molecule has 23 heavy (non-hydrogen) atoms. The van der Waals surface area contributed by atoms with Crippen LogP contribution in [0.25, 0.3) is 0 Å². The summed E-state index contributed by atoms with van der Waals surface area (Å²) in [5.41, 5.74) is 1.07. The monoisotopic (exact) mass is 316 g/mol. The van der Waals surface area contributed by atoms with Gasteiger partial charge in [0, 0.05) is 25.6 Å². The summed E-state index contributed by atoms with van der Waals surface area (Å²) in [4.78, 5) is 16.5. The maximum Gasteiger partial charge on any atom is 0.261 e. The molecule has 1 fully saturated rings. The largest absolute Gasteiger partial charge is 0.477 e. The van der Waals surface area contributed by atoms with E-state index in [9.17, 15) is 4.79 Å². The van der Waals surface area contributed by atoms with Gasteiger partial charge in [0.25, 0.3) is 5.91 Å². The molecule has 122 valence electrons. The number of hydrogen-bond donors (Lipinski definition) is 1. The number of nitrogens with zero attached hydrogens (tertiary/aromatic N) is 3. The molecule has 3 rings (SSSR count). The van der Waals surface area contributed by atoms with Gasteiger partial charge in [-0.2, -0.15) is 5.10 Å². The molecule has 0 atom stereocenters. The van der Waals surface area contributed by atoms with Crippen molar-refractivity contribution in [3.63, 3.8) is 0 Å². The first-order valence-electron chi connectivity index (χ1n) is 7.79. The van der Waals surface area contributed by atoms with Crippen molar-refractivity contribution in [3.05, 3.63) is 36.3 Å². The van der Waals surface area contributed by atoms with E-state index in [0.717, 1.165) is 26.1 Å². The van der Waals surface area contributed by atoms with Crippen LogP contribution in [0.5, 0.6) is 5.88 Å². The molecule has 0 saturated carbocycles. The lowest BCUT2D eigenvalue weighted by Gasteiger charge is -2.22. The summed E-state index contributed by atoms with van der Waals surface area (Å²) in [5.74, 6) is 0.0809. The van der Waals surface area contributed by atoms with Gasteiger partial charge in [-0.1, -0.05) is 0 Å². The van der Waals surface area contributed by atoms with Crippen LogP contribution in [0.2, 0.25) is 0 Å². The molecule has 0 unspecified atom stereocenters. The SMILES string of the molecule is CCOc1ncccc1C(=O)Nc1cnn(C2CCOCC2)c1. The van der Waals surface area contributed by atoms with Crippen LogP contribution in [0.1, 0.15) is 36.2 Å². The topological polar surface area (TPSA) is 78.3 Å². The molecule has 1 N–H and O–H groups in total. The lowest BCUT2D eigenvalue weighted by Crippen LogP contribution is -2.19. The summed E-state index contributed by atoms with van der Waals surface area (Å²) in [6, 6.07) is 3.73. The molecular weight excluding hydrogens is 296 g/mol. The summed E-state index contributed by atoms with van der Waals surface area (Å²) in [7, 11) is 0. The van der Waals surface area contributed by atoms with Crippen molar-refractivity contribution in [1.29, 1.82) is 0 Å². The average molecular weight is 316 g/mol. The van der Waals surface area contributed by atoms with Crippen molar-refractivity contribution in [2.24, 2.45) is 0 Å². The number of rotatable bonds is 5. The number of nitrogens with one attached hydrogen (secondary N) is 1. The molecule has 0 bridgehead atoms. The van der Waals surface area contributed by atoms with Gasteiger partial charge in [0.15, 0.2) is 0 Å². The zero-order valence-corrected chi connectivity index (χ0v) is 13.1. The zero-order chi connectivity index (χ0) is 16.1. The Morgan fingerprint density at radius 2 is 2.30 bits per heavy atom. The number of anilines is 1. The van der Waals surface area contributed by atoms with Crippen molar-refractivity contribution in [1.82, 2.24) is 14.8 Å². The van der Waals surface area contributed by atoms with Crippen molar-refractivity contribution >= 4 is 11.6 Å². The number of amides is 1. The Morgan fingerprint density at radius 1 is 1.48 bits per heavy atom. The highest BCUT2D eigenvalue weighted by Gasteiger charge is 2.18. The fraction of sp³-hybridized carbons (Fsp3) is 0.438. The summed E-state index contributed by atoms with van der Waals surface area (Å²) in [5, 5.41) is 7.19. The molecule has 2 aromatic rings. The number of carbonyl (C=O) groups excluding carboxylic acids is 1. The van der Waals surface area contributed by atoms with E-state index in [4.69, 9.17) is 9.47 Å². The van der Waals surface area contributed by atoms with Crippen LogP contribution in [-0.2, 0) is 4.74 Å². The first kappa shape index (κ1) is 15.5. The third-order valence-electron chi connectivity index (χ3n) is 3.72. The fourth-order valence-electron chi connectivity index (χ4n) is 2.57. The Morgan fingerprint density at radius 3 is 3.09 bits per heavy atom. The van der Waals surface area contributed by atoms with Crippen LogP contribution in [-0.4, -0.2) is 40.5 Å². The highest BCUT2D eigenvalue weighted by molar-refractivity contribution is 6.05. The second-order valence-corrected chi connectivity index (χ2v) is 5.30. The van der Waals surface area contributed by atoms with E-state index in [1.54, 1.807) is 24.5 Å². The molecule has 0 aliphatic carbocycles. The molecule has 1 aliphatic rings. The van der Waals surface area contributed by atoms with E-state index in [2.05, 4.69) is 15.4 Å². The number of pyridine rings is 1. The van der Waals surface area contributed by atoms with E-state index in [0.29, 0.717) is 29.8 Å². The predicted molar refractivity (Wildman–Crippen MR) is 84.7 cm³/mol. The van der Waals surface area contributed by atoms with Crippen LogP contribution >= 0.6 is 0 Å². The van der Waals surface area contributed by atoms with Gasteiger partial charge in [0.05, 0.1) is 24.5 Å². The van der Waals surface area contributed by atoms with Crippen molar-refractivity contribution in [2.45, 2.75) is 25.8 Å². The Bertz CT molecular complexity index is 665. The van der Waals surface area contributed by atoms with Crippen LogP contribution in [0.4, 0.5) is 5.69 Å². The third kappa shape index (κ3) is 3.68. The Kier molecular flexibility index (Phi) is 4.87. The third-order valence-corrected chi connectivity index (χ3v) is 3.72. The van der Waals surface area contributed by atoms with E-state index in [-0.39, 0.29) is 5.91 Å². The highest BCUT2D eigenvalue weighted by atomic mass is 16.5. The minimum Gasteiger partial charge on any atom is -0.477 e. The van der Waals surface area contributed by atoms with Crippen LogP contribution in [0, 0.1) is 0 Å². The normalized spacial score (nSPS) is 15.3. The molecule has 1 aliphatic heterocycles. The van der Waals surface area contributed by atoms with Crippen molar-refractivity contribution in [2.75, 3.05) is 25.1 Å². The van der Waals surface area contributed by atoms with Crippen LogP contribution in [0.15, 0.2) is 30.7 Å². The van der Waals surface area contributed by atoms with Crippen molar-refractivity contribution < 1.29 is 14.3 Å². The second-order valence-electron chi connectivity index (χ2n) is 5.30. The fourth-order valence-corrected chi connectivity index (χ4v) is 2.57. The zero-order valence-electron chi connectivity index (χ0n) is 13.1. The van der Waals surface area contributed by atoms with Gasteiger partial charge in [-0.15, -0.1) is 0 Å². The van der Waals surface area contributed by atoms with Crippen LogP contribution in [0.3, 0.4) is 0 Å². The number of aromatic nitrogens is 3. The standard InChI is InChI=1S/C16H20N4O3/c1-2-23-16-14(4-3-7-17-16)15(21)19-12-10-18-20(11-12)13-5-8-22-9-6-13/h3-4,7,10-11,13H,2,5-6,8-9H2,1H3,(H,19,21). The molecule has 7 nitrogen and oxygen atoms in total. The summed E-state index contributed by atoms with van der Waals surface area (Å²) in [6.07, 6.45) is 6.98. The van der Waals surface area contributed by atoms with Gasteiger partial charge in [-0.05, 0) is 31.9 Å². The van der Waals surface area contributed by atoms with Crippen molar-refractivity contribution in [3.8, 4) is 5.88 Å². The molecule has 1 amide bonds. The molecule has 0 radical (unpaired) electrons. The molecular formula is C16H20N4O3. The minimum atomic E-state index is -0.256. The highest BCUT2D eigenvalue weighted by Crippen LogP contribution is 2.22. The number of ether oxygens (including phenoxy) is 2. The van der Waals surface area contributed by atoms with Gasteiger partial charge in [0.2, 0.25) is 5.88 Å².